The first-order valence-corrected chi connectivity index (χ1v) is 14.1. The molecule has 0 fully saturated rings. The molecule has 6 aromatic carbocycles. The van der Waals surface area contributed by atoms with Crippen molar-refractivity contribution in [2.75, 3.05) is 0 Å². The van der Waals surface area contributed by atoms with Crippen LogP contribution in [0, 0.1) is 0 Å². The van der Waals surface area contributed by atoms with Gasteiger partial charge >= 0.3 is 0 Å². The summed E-state index contributed by atoms with van der Waals surface area (Å²) in [6.45, 7) is 4.71. The zero-order valence-electron chi connectivity index (χ0n) is 22.3. The Morgan fingerprint density at radius 3 is 1.90 bits per heavy atom. The predicted molar refractivity (Wildman–Crippen MR) is 166 cm³/mol. The van der Waals surface area contributed by atoms with E-state index in [0.717, 1.165) is 18.5 Å². The van der Waals surface area contributed by atoms with E-state index in [0.29, 0.717) is 0 Å². The fraction of sp³-hybridized carbons (Fsp3) is 0.132. The first-order chi connectivity index (χ1) is 19.2. The number of hydrogen-bond acceptors (Lipinski definition) is 1. The number of nitrogens with zero attached hydrogens (tertiary/aromatic N) is 1. The highest BCUT2D eigenvalue weighted by atomic mass is 14.7. The van der Waals surface area contributed by atoms with Gasteiger partial charge in [0.05, 0.1) is 5.69 Å². The van der Waals surface area contributed by atoms with Crippen molar-refractivity contribution in [1.82, 2.24) is 4.98 Å². The van der Waals surface area contributed by atoms with Crippen LogP contribution in [0.25, 0.3) is 65.5 Å². The smallest absolute Gasteiger partial charge is 0.0780 e. The van der Waals surface area contributed by atoms with Crippen molar-refractivity contribution >= 4 is 43.1 Å². The average molecular weight is 500 g/mol. The zero-order chi connectivity index (χ0) is 26.1. The molecule has 0 unspecified atom stereocenters. The average Bonchev–Trinajstić information content (AvgIpc) is 3.30. The molecule has 1 nitrogen and oxygen atoms in total. The second-order valence-corrected chi connectivity index (χ2v) is 10.9. The van der Waals surface area contributed by atoms with Crippen molar-refractivity contribution in [3.63, 3.8) is 0 Å². The molecule has 8 rings (SSSR count). The highest BCUT2D eigenvalue weighted by Gasteiger charge is 2.42. The van der Waals surface area contributed by atoms with Crippen LogP contribution in [-0.2, 0) is 5.41 Å². The molecule has 0 amide bonds. The number of aromatic nitrogens is 1. The maximum Gasteiger partial charge on any atom is 0.0780 e. The molecule has 1 aliphatic rings. The van der Waals surface area contributed by atoms with Crippen LogP contribution in [0.3, 0.4) is 0 Å². The Morgan fingerprint density at radius 1 is 0.564 bits per heavy atom. The second kappa shape index (κ2) is 8.25. The molecule has 1 aromatic heterocycles. The molecule has 7 aromatic rings. The van der Waals surface area contributed by atoms with Gasteiger partial charge in [-0.1, -0.05) is 111 Å². The van der Waals surface area contributed by atoms with Crippen LogP contribution in [0.15, 0.2) is 115 Å². The minimum absolute atomic E-state index is 0.0216. The largest absolute Gasteiger partial charge is 0.256 e. The van der Waals surface area contributed by atoms with Crippen molar-refractivity contribution < 1.29 is 0 Å². The van der Waals surface area contributed by atoms with Crippen molar-refractivity contribution in [3.8, 4) is 22.4 Å². The van der Waals surface area contributed by atoms with Gasteiger partial charge in [0, 0.05) is 22.6 Å². The molecule has 1 heterocycles. The van der Waals surface area contributed by atoms with Crippen LogP contribution in [0.5, 0.6) is 0 Å². The van der Waals surface area contributed by atoms with Gasteiger partial charge in [0.2, 0.25) is 0 Å². The molecular weight excluding hydrogens is 470 g/mol. The van der Waals surface area contributed by atoms with Gasteiger partial charge in [-0.2, -0.15) is 0 Å². The van der Waals surface area contributed by atoms with Gasteiger partial charge in [-0.3, -0.25) is 4.98 Å². The molecule has 186 valence electrons. The summed E-state index contributed by atoms with van der Waals surface area (Å²) in [5.74, 6) is 0. The molecule has 0 spiro atoms. The van der Waals surface area contributed by atoms with Gasteiger partial charge in [0.25, 0.3) is 0 Å². The van der Waals surface area contributed by atoms with Gasteiger partial charge in [-0.25, -0.2) is 0 Å². The van der Waals surface area contributed by atoms with Crippen LogP contribution in [-0.4, -0.2) is 4.98 Å². The monoisotopic (exact) mass is 499 g/mol. The number of fused-ring (bicyclic) bond motifs is 11. The minimum Gasteiger partial charge on any atom is -0.256 e. The van der Waals surface area contributed by atoms with E-state index in [1.54, 1.807) is 0 Å². The summed E-state index contributed by atoms with van der Waals surface area (Å²) in [5.41, 5.74) is 7.96. The zero-order valence-corrected chi connectivity index (χ0v) is 22.3. The van der Waals surface area contributed by atoms with Crippen molar-refractivity contribution in [3.05, 3.63) is 127 Å². The number of hydrogen-bond donors (Lipinski definition) is 0. The van der Waals surface area contributed by atoms with E-state index >= 15 is 0 Å². The van der Waals surface area contributed by atoms with Gasteiger partial charge < -0.3 is 0 Å². The topological polar surface area (TPSA) is 12.9 Å². The van der Waals surface area contributed by atoms with Crippen molar-refractivity contribution in [2.24, 2.45) is 0 Å². The molecule has 39 heavy (non-hydrogen) atoms. The first-order valence-electron chi connectivity index (χ1n) is 14.1. The third kappa shape index (κ3) is 2.93. The van der Waals surface area contributed by atoms with Gasteiger partial charge in [-0.15, -0.1) is 0 Å². The molecular formula is C38H29N. The number of pyridine rings is 1. The lowest BCUT2D eigenvalue weighted by atomic mass is 9.73. The normalized spacial score (nSPS) is 13.8. The van der Waals surface area contributed by atoms with Gasteiger partial charge in [-0.05, 0) is 84.9 Å². The lowest BCUT2D eigenvalue weighted by Crippen LogP contribution is -2.23. The third-order valence-corrected chi connectivity index (χ3v) is 9.38. The van der Waals surface area contributed by atoms with Crippen LogP contribution in [0.2, 0.25) is 0 Å². The summed E-state index contributed by atoms with van der Waals surface area (Å²) in [7, 11) is 0. The van der Waals surface area contributed by atoms with Crippen LogP contribution < -0.4 is 0 Å². The Labute approximate surface area is 228 Å². The Kier molecular flexibility index (Phi) is 4.76. The van der Waals surface area contributed by atoms with Gasteiger partial charge in [0.1, 0.15) is 0 Å². The lowest BCUT2D eigenvalue weighted by Gasteiger charge is -2.30. The molecule has 0 aliphatic heterocycles. The van der Waals surface area contributed by atoms with Gasteiger partial charge in [0.15, 0.2) is 0 Å². The summed E-state index contributed by atoms with van der Waals surface area (Å²) in [5, 5.41) is 10.5. The van der Waals surface area contributed by atoms with E-state index in [1.165, 1.54) is 70.9 Å². The lowest BCUT2D eigenvalue weighted by molar-refractivity contribution is 0.491. The summed E-state index contributed by atoms with van der Waals surface area (Å²) in [6, 6.07) is 40.5. The van der Waals surface area contributed by atoms with E-state index in [-0.39, 0.29) is 5.41 Å². The summed E-state index contributed by atoms with van der Waals surface area (Å²) >= 11 is 0. The molecule has 1 aliphatic carbocycles. The number of benzene rings is 6. The van der Waals surface area contributed by atoms with E-state index in [2.05, 4.69) is 123 Å². The maximum absolute atomic E-state index is 4.88. The predicted octanol–water partition coefficient (Wildman–Crippen LogP) is 10.4. The second-order valence-electron chi connectivity index (χ2n) is 10.9. The molecule has 0 atom stereocenters. The first kappa shape index (κ1) is 22.5. The molecule has 0 saturated carbocycles. The standard InChI is InChI=1S/C38H29N/c1-3-38(4-2)33-20-19-31-29-15-8-7-13-27(29)28-14-9-10-16-30(28)35(31)36(33)32-18-17-25(23-34(32)38)37-26-12-6-5-11-24(26)21-22-39-37/h5-23H,3-4H2,1-2H3. The highest BCUT2D eigenvalue weighted by molar-refractivity contribution is 6.29. The van der Waals surface area contributed by atoms with E-state index in [1.807, 2.05) is 6.20 Å². The molecule has 0 bridgehead atoms. The van der Waals surface area contributed by atoms with E-state index in [4.69, 9.17) is 4.98 Å². The Hall–Kier alpha value is -4.49. The molecule has 0 N–H and O–H groups in total. The van der Waals surface area contributed by atoms with Crippen LogP contribution in [0.1, 0.15) is 37.8 Å². The summed E-state index contributed by atoms with van der Waals surface area (Å²) < 4.78 is 0. The van der Waals surface area contributed by atoms with E-state index in [9.17, 15) is 0 Å². The minimum atomic E-state index is -0.0216. The van der Waals surface area contributed by atoms with Crippen LogP contribution >= 0.6 is 0 Å². The molecule has 0 saturated heterocycles. The van der Waals surface area contributed by atoms with E-state index < -0.39 is 0 Å². The fourth-order valence-electron chi connectivity index (χ4n) is 7.49. The summed E-state index contributed by atoms with van der Waals surface area (Å²) in [6.07, 6.45) is 4.07. The van der Waals surface area contributed by atoms with Crippen molar-refractivity contribution in [2.45, 2.75) is 32.1 Å². The summed E-state index contributed by atoms with van der Waals surface area (Å²) in [4.78, 5) is 4.88. The third-order valence-electron chi connectivity index (χ3n) is 9.38. The Bertz CT molecular complexity index is 2050. The highest BCUT2D eigenvalue weighted by Crippen LogP contribution is 2.57. The Balaban J connectivity index is 1.50. The maximum atomic E-state index is 4.88. The quantitative estimate of drug-likeness (QED) is 0.220. The molecule has 0 radical (unpaired) electrons. The fourth-order valence-corrected chi connectivity index (χ4v) is 7.49. The Morgan fingerprint density at radius 2 is 1.18 bits per heavy atom. The van der Waals surface area contributed by atoms with Crippen LogP contribution in [0.4, 0.5) is 0 Å². The molecule has 1 heteroatoms. The SMILES string of the molecule is CCC1(CC)c2cc(-c3nccc4ccccc34)ccc2-c2c1ccc1c3ccccc3c3ccccc3c21. The van der Waals surface area contributed by atoms with Crippen molar-refractivity contribution in [1.29, 1.82) is 0 Å². The number of rotatable bonds is 3.